The van der Waals surface area contributed by atoms with Crippen LogP contribution in [0.1, 0.15) is 41.5 Å². The SMILES string of the molecule is CC(C)Cn1c(-c2ccccc2)nc2c1c1nc(-c3ccccc3)n(CC(C)C)c1c1nc(-c3ccccc3)n(CC(C)C)c21. The van der Waals surface area contributed by atoms with Gasteiger partial charge >= 0.3 is 0 Å². The van der Waals surface area contributed by atoms with Crippen molar-refractivity contribution in [2.24, 2.45) is 17.8 Å². The van der Waals surface area contributed by atoms with Crippen LogP contribution in [0.4, 0.5) is 0 Å². The summed E-state index contributed by atoms with van der Waals surface area (Å²) >= 11 is 0. The topological polar surface area (TPSA) is 53.5 Å². The molecule has 6 nitrogen and oxygen atoms in total. The molecule has 0 amide bonds. The van der Waals surface area contributed by atoms with Crippen molar-refractivity contribution in [2.45, 2.75) is 61.2 Å². The minimum atomic E-state index is 0.419. The fraction of sp³-hybridized carbons (Fsp3) is 0.308. The Kier molecular flexibility index (Phi) is 7.52. The van der Waals surface area contributed by atoms with Crippen molar-refractivity contribution in [3.8, 4) is 34.2 Å². The number of rotatable bonds is 9. The predicted octanol–water partition coefficient (Wildman–Crippen LogP) is 9.70. The summed E-state index contributed by atoms with van der Waals surface area (Å²) in [5, 5.41) is 0. The summed E-state index contributed by atoms with van der Waals surface area (Å²) in [5.41, 5.74) is 9.53. The van der Waals surface area contributed by atoms with Crippen molar-refractivity contribution >= 4 is 33.1 Å². The van der Waals surface area contributed by atoms with Gasteiger partial charge in [-0.05, 0) is 17.8 Å². The van der Waals surface area contributed by atoms with Crippen molar-refractivity contribution < 1.29 is 0 Å². The third-order valence-corrected chi connectivity index (χ3v) is 8.31. The summed E-state index contributed by atoms with van der Waals surface area (Å²) in [4.78, 5) is 16.5. The van der Waals surface area contributed by atoms with Crippen LogP contribution in [0.15, 0.2) is 91.0 Å². The highest BCUT2D eigenvalue weighted by atomic mass is 15.2. The largest absolute Gasteiger partial charge is 0.322 e. The average molecular weight is 595 g/mol. The molecular formula is C39H42N6. The van der Waals surface area contributed by atoms with Gasteiger partial charge in [-0.3, -0.25) is 0 Å². The fourth-order valence-electron chi connectivity index (χ4n) is 6.63. The zero-order chi connectivity index (χ0) is 31.2. The number of fused-ring (bicyclic) bond motifs is 6. The van der Waals surface area contributed by atoms with Gasteiger partial charge in [0.25, 0.3) is 0 Å². The van der Waals surface area contributed by atoms with E-state index in [9.17, 15) is 0 Å². The van der Waals surface area contributed by atoms with Crippen LogP contribution < -0.4 is 0 Å². The van der Waals surface area contributed by atoms with Gasteiger partial charge in [-0.15, -0.1) is 0 Å². The molecule has 0 spiro atoms. The van der Waals surface area contributed by atoms with E-state index in [1.165, 1.54) is 0 Å². The van der Waals surface area contributed by atoms with Crippen LogP contribution in [0.25, 0.3) is 67.3 Å². The highest BCUT2D eigenvalue weighted by molar-refractivity contribution is 6.21. The molecule has 0 bridgehead atoms. The van der Waals surface area contributed by atoms with Crippen LogP contribution in [0.2, 0.25) is 0 Å². The molecule has 7 aromatic rings. The molecule has 45 heavy (non-hydrogen) atoms. The second-order valence-corrected chi connectivity index (χ2v) is 13.5. The maximum Gasteiger partial charge on any atom is 0.141 e. The molecule has 0 aliphatic carbocycles. The van der Waals surface area contributed by atoms with E-state index in [1.54, 1.807) is 0 Å². The van der Waals surface area contributed by atoms with E-state index in [-0.39, 0.29) is 0 Å². The van der Waals surface area contributed by atoms with Gasteiger partial charge in [0.15, 0.2) is 0 Å². The van der Waals surface area contributed by atoms with E-state index >= 15 is 0 Å². The van der Waals surface area contributed by atoms with Gasteiger partial charge in [0.1, 0.15) is 34.0 Å². The molecule has 0 aliphatic rings. The fourth-order valence-corrected chi connectivity index (χ4v) is 6.63. The van der Waals surface area contributed by atoms with Crippen LogP contribution in [0, 0.1) is 17.8 Å². The molecular weight excluding hydrogens is 552 g/mol. The predicted molar refractivity (Wildman–Crippen MR) is 187 cm³/mol. The van der Waals surface area contributed by atoms with Crippen molar-refractivity contribution in [3.63, 3.8) is 0 Å². The lowest BCUT2D eigenvalue weighted by molar-refractivity contribution is 0.536. The van der Waals surface area contributed by atoms with Crippen molar-refractivity contribution in [1.29, 1.82) is 0 Å². The first-order chi connectivity index (χ1) is 21.8. The van der Waals surface area contributed by atoms with E-state index in [4.69, 9.17) is 15.0 Å². The normalized spacial score (nSPS) is 12.2. The summed E-state index contributed by atoms with van der Waals surface area (Å²) in [6.07, 6.45) is 0. The number of aromatic nitrogens is 6. The van der Waals surface area contributed by atoms with Crippen molar-refractivity contribution in [1.82, 2.24) is 28.7 Å². The Labute approximate surface area is 265 Å². The summed E-state index contributed by atoms with van der Waals surface area (Å²) in [5.74, 6) is 4.19. The molecule has 0 radical (unpaired) electrons. The zero-order valence-corrected chi connectivity index (χ0v) is 27.2. The molecule has 3 heterocycles. The molecule has 3 aromatic heterocycles. The first-order valence-electron chi connectivity index (χ1n) is 16.3. The van der Waals surface area contributed by atoms with Gasteiger partial charge in [-0.2, -0.15) is 0 Å². The summed E-state index contributed by atoms with van der Waals surface area (Å²) < 4.78 is 7.27. The molecule has 0 atom stereocenters. The number of imidazole rings is 3. The third kappa shape index (κ3) is 5.12. The molecule has 0 saturated carbocycles. The third-order valence-electron chi connectivity index (χ3n) is 8.31. The van der Waals surface area contributed by atoms with Crippen LogP contribution in [-0.2, 0) is 19.6 Å². The van der Waals surface area contributed by atoms with Crippen LogP contribution in [0.5, 0.6) is 0 Å². The highest BCUT2D eigenvalue weighted by Gasteiger charge is 2.29. The number of benzene rings is 4. The Balaban J connectivity index is 1.73. The lowest BCUT2D eigenvalue weighted by Crippen LogP contribution is -2.08. The summed E-state index contributed by atoms with van der Waals surface area (Å²) in [7, 11) is 0. The van der Waals surface area contributed by atoms with Gasteiger partial charge in [0, 0.05) is 36.3 Å². The minimum Gasteiger partial charge on any atom is -0.322 e. The van der Waals surface area contributed by atoms with Gasteiger partial charge in [0.05, 0.1) is 16.6 Å². The van der Waals surface area contributed by atoms with Crippen molar-refractivity contribution in [3.05, 3.63) is 91.0 Å². The first-order valence-corrected chi connectivity index (χ1v) is 16.3. The Morgan fingerprint density at radius 2 is 0.644 bits per heavy atom. The lowest BCUT2D eigenvalue weighted by atomic mass is 10.1. The van der Waals surface area contributed by atoms with E-state index in [1.807, 2.05) is 0 Å². The molecule has 228 valence electrons. The second kappa shape index (κ2) is 11.7. The van der Waals surface area contributed by atoms with Crippen LogP contribution in [0.3, 0.4) is 0 Å². The van der Waals surface area contributed by atoms with Crippen LogP contribution >= 0.6 is 0 Å². The molecule has 0 aliphatic heterocycles. The summed E-state index contributed by atoms with van der Waals surface area (Å²) in [6.45, 7) is 16.2. The van der Waals surface area contributed by atoms with Gasteiger partial charge < -0.3 is 13.7 Å². The Morgan fingerprint density at radius 3 is 0.867 bits per heavy atom. The van der Waals surface area contributed by atoms with E-state index < -0.39 is 0 Å². The molecule has 7 rings (SSSR count). The summed E-state index contributed by atoms with van der Waals surface area (Å²) in [6, 6.07) is 31.8. The van der Waals surface area contributed by atoms with Gasteiger partial charge in [-0.25, -0.2) is 15.0 Å². The molecule has 6 heteroatoms. The van der Waals surface area contributed by atoms with Crippen molar-refractivity contribution in [2.75, 3.05) is 0 Å². The first kappa shape index (κ1) is 29.0. The number of nitrogens with zero attached hydrogens (tertiary/aromatic N) is 6. The molecule has 0 N–H and O–H groups in total. The Bertz CT molecular complexity index is 1820. The van der Waals surface area contributed by atoms with Gasteiger partial charge in [0.2, 0.25) is 0 Å². The van der Waals surface area contributed by atoms with Crippen LogP contribution in [-0.4, -0.2) is 28.7 Å². The molecule has 4 aromatic carbocycles. The maximum absolute atomic E-state index is 5.51. The monoisotopic (exact) mass is 594 g/mol. The second-order valence-electron chi connectivity index (χ2n) is 13.5. The quantitative estimate of drug-likeness (QED) is 0.167. The highest BCUT2D eigenvalue weighted by Crippen LogP contribution is 2.42. The number of hydrogen-bond acceptors (Lipinski definition) is 3. The zero-order valence-electron chi connectivity index (χ0n) is 27.2. The van der Waals surface area contributed by atoms with Gasteiger partial charge in [-0.1, -0.05) is 133 Å². The Morgan fingerprint density at radius 1 is 0.400 bits per heavy atom. The van der Waals surface area contributed by atoms with E-state index in [0.717, 1.165) is 86.9 Å². The molecule has 0 fully saturated rings. The number of hydrogen-bond donors (Lipinski definition) is 0. The smallest absolute Gasteiger partial charge is 0.141 e. The minimum absolute atomic E-state index is 0.419. The average Bonchev–Trinajstić information content (AvgIpc) is 3.70. The van der Waals surface area contributed by atoms with E-state index in [2.05, 4.69) is 146 Å². The molecule has 0 unspecified atom stereocenters. The Hall–Kier alpha value is -4.71. The lowest BCUT2D eigenvalue weighted by Gasteiger charge is -2.14. The van der Waals surface area contributed by atoms with E-state index in [0.29, 0.717) is 17.8 Å². The molecule has 0 saturated heterocycles. The maximum atomic E-state index is 5.51. The standard InChI is InChI=1S/C39H42N6/c1-25(2)22-43-34-31(40-37(43)28-16-10-7-11-17-28)35-33(42-39(44(35)23-26(3)4)30-20-14-9-15-21-30)36-32(34)41-38(45(36)24-27(5)6)29-18-12-8-13-19-29/h7-21,25-27H,22-24H2,1-6H3.